The van der Waals surface area contributed by atoms with Crippen molar-refractivity contribution in [1.82, 2.24) is 15.5 Å². The minimum absolute atomic E-state index is 0. The van der Waals surface area contributed by atoms with Gasteiger partial charge < -0.3 is 9.84 Å². The van der Waals surface area contributed by atoms with E-state index in [1.807, 2.05) is 14.0 Å². The molecule has 0 saturated heterocycles. The second kappa shape index (κ2) is 7.90. The standard InChI is InChI=1S/C15H21N3O3S.ClH/c1-10(2)22(19,20)13-7-5-12(6-8-13)15-17-14(18-21-15)9-11(3)16-4;/h5-8,10-11,16H,9H2,1-4H3;1H. The monoisotopic (exact) mass is 359 g/mol. The zero-order valence-electron chi connectivity index (χ0n) is 13.6. The molecule has 2 aromatic rings. The van der Waals surface area contributed by atoms with Crippen LogP contribution in [0.1, 0.15) is 26.6 Å². The fourth-order valence-corrected chi connectivity index (χ4v) is 2.95. The zero-order valence-corrected chi connectivity index (χ0v) is 15.2. The van der Waals surface area contributed by atoms with Gasteiger partial charge in [-0.05, 0) is 52.1 Å². The highest BCUT2D eigenvalue weighted by atomic mass is 35.5. The summed E-state index contributed by atoms with van der Waals surface area (Å²) >= 11 is 0. The van der Waals surface area contributed by atoms with E-state index >= 15 is 0 Å². The summed E-state index contributed by atoms with van der Waals surface area (Å²) in [6.45, 7) is 5.36. The lowest BCUT2D eigenvalue weighted by atomic mass is 10.2. The van der Waals surface area contributed by atoms with Crippen molar-refractivity contribution in [2.24, 2.45) is 0 Å². The van der Waals surface area contributed by atoms with Gasteiger partial charge in [0.2, 0.25) is 0 Å². The average Bonchev–Trinajstić information content (AvgIpc) is 2.95. The Labute approximate surface area is 143 Å². The third-order valence-corrected chi connectivity index (χ3v) is 5.67. The van der Waals surface area contributed by atoms with Crippen LogP contribution in [0.3, 0.4) is 0 Å². The molecule has 1 atom stereocenters. The van der Waals surface area contributed by atoms with Crippen LogP contribution in [0, 0.1) is 0 Å². The van der Waals surface area contributed by atoms with Crippen LogP contribution < -0.4 is 5.32 Å². The van der Waals surface area contributed by atoms with E-state index in [0.29, 0.717) is 28.6 Å². The smallest absolute Gasteiger partial charge is 0.257 e. The van der Waals surface area contributed by atoms with E-state index < -0.39 is 15.1 Å². The highest BCUT2D eigenvalue weighted by Gasteiger charge is 2.19. The lowest BCUT2D eigenvalue weighted by Crippen LogP contribution is -2.24. The van der Waals surface area contributed by atoms with E-state index in [1.165, 1.54) is 0 Å². The molecule has 6 nitrogen and oxygen atoms in total. The molecule has 0 fully saturated rings. The van der Waals surface area contributed by atoms with Gasteiger partial charge in [0.25, 0.3) is 5.89 Å². The Morgan fingerprint density at radius 1 is 1.17 bits per heavy atom. The Bertz CT molecular complexity index is 727. The van der Waals surface area contributed by atoms with Crippen LogP contribution in [-0.2, 0) is 16.3 Å². The van der Waals surface area contributed by atoms with Gasteiger partial charge in [-0.15, -0.1) is 12.4 Å². The first-order chi connectivity index (χ1) is 10.3. The third-order valence-electron chi connectivity index (χ3n) is 3.50. The van der Waals surface area contributed by atoms with Crippen LogP contribution in [0.5, 0.6) is 0 Å². The number of rotatable bonds is 6. The van der Waals surface area contributed by atoms with Crippen LogP contribution in [0.2, 0.25) is 0 Å². The summed E-state index contributed by atoms with van der Waals surface area (Å²) in [6, 6.07) is 6.78. The molecule has 1 heterocycles. The van der Waals surface area contributed by atoms with Crippen molar-refractivity contribution in [2.45, 2.75) is 43.4 Å². The van der Waals surface area contributed by atoms with Gasteiger partial charge in [0.15, 0.2) is 15.7 Å². The van der Waals surface area contributed by atoms with Crippen molar-refractivity contribution in [3.8, 4) is 11.5 Å². The van der Waals surface area contributed by atoms with Crippen LogP contribution in [0.25, 0.3) is 11.5 Å². The topological polar surface area (TPSA) is 85.1 Å². The van der Waals surface area contributed by atoms with Crippen molar-refractivity contribution in [3.63, 3.8) is 0 Å². The van der Waals surface area contributed by atoms with Crippen molar-refractivity contribution >= 4 is 22.2 Å². The maximum Gasteiger partial charge on any atom is 0.257 e. The third kappa shape index (κ3) is 4.53. The highest BCUT2D eigenvalue weighted by Crippen LogP contribution is 2.22. The number of nitrogens with one attached hydrogen (secondary N) is 1. The lowest BCUT2D eigenvalue weighted by Gasteiger charge is -2.07. The average molecular weight is 360 g/mol. The van der Waals surface area contributed by atoms with Crippen LogP contribution >= 0.6 is 12.4 Å². The van der Waals surface area contributed by atoms with Crippen molar-refractivity contribution in [1.29, 1.82) is 0 Å². The molecule has 0 amide bonds. The second-order valence-electron chi connectivity index (χ2n) is 5.53. The zero-order chi connectivity index (χ0) is 16.3. The largest absolute Gasteiger partial charge is 0.334 e. The Morgan fingerprint density at radius 3 is 2.30 bits per heavy atom. The molecule has 1 aromatic carbocycles. The normalized spacial score (nSPS) is 12.9. The van der Waals surface area contributed by atoms with Crippen LogP contribution in [-0.4, -0.2) is 36.9 Å². The van der Waals surface area contributed by atoms with Crippen LogP contribution in [0.15, 0.2) is 33.7 Å². The first-order valence-corrected chi connectivity index (χ1v) is 8.73. The molecule has 0 bridgehead atoms. The maximum atomic E-state index is 12.1. The summed E-state index contributed by atoms with van der Waals surface area (Å²) in [5.74, 6) is 1.02. The molecular weight excluding hydrogens is 338 g/mol. The fourth-order valence-electron chi connectivity index (χ4n) is 1.89. The number of benzene rings is 1. The Hall–Kier alpha value is -1.44. The number of hydrogen-bond acceptors (Lipinski definition) is 6. The summed E-state index contributed by atoms with van der Waals surface area (Å²) in [4.78, 5) is 4.63. The summed E-state index contributed by atoms with van der Waals surface area (Å²) in [7, 11) is -1.39. The molecule has 0 aliphatic carbocycles. The molecule has 0 saturated carbocycles. The minimum atomic E-state index is -3.26. The number of nitrogens with zero attached hydrogens (tertiary/aromatic N) is 2. The SMILES string of the molecule is CNC(C)Cc1noc(-c2ccc(S(=O)(=O)C(C)C)cc2)n1.Cl. The van der Waals surface area contributed by atoms with Gasteiger partial charge in [0.1, 0.15) is 0 Å². The van der Waals surface area contributed by atoms with Crippen molar-refractivity contribution < 1.29 is 12.9 Å². The molecule has 0 radical (unpaired) electrons. The molecule has 0 spiro atoms. The van der Waals surface area contributed by atoms with Gasteiger partial charge >= 0.3 is 0 Å². The summed E-state index contributed by atoms with van der Waals surface area (Å²) < 4.78 is 29.4. The molecule has 23 heavy (non-hydrogen) atoms. The number of aromatic nitrogens is 2. The van der Waals surface area contributed by atoms with Gasteiger partial charge in [-0.3, -0.25) is 0 Å². The summed E-state index contributed by atoms with van der Waals surface area (Å²) in [5.41, 5.74) is 0.707. The quantitative estimate of drug-likeness (QED) is 0.852. The molecule has 128 valence electrons. The highest BCUT2D eigenvalue weighted by molar-refractivity contribution is 7.92. The Kier molecular flexibility index (Phi) is 6.73. The Morgan fingerprint density at radius 2 is 1.78 bits per heavy atom. The number of sulfone groups is 1. The summed E-state index contributed by atoms with van der Waals surface area (Å²) in [5, 5.41) is 6.60. The Balaban J connectivity index is 0.00000264. The minimum Gasteiger partial charge on any atom is -0.334 e. The van der Waals surface area contributed by atoms with E-state index in [1.54, 1.807) is 38.1 Å². The van der Waals surface area contributed by atoms with Gasteiger partial charge in [0.05, 0.1) is 10.1 Å². The van der Waals surface area contributed by atoms with Gasteiger partial charge in [-0.2, -0.15) is 4.98 Å². The number of likely N-dealkylation sites (N-methyl/N-ethyl adjacent to an activating group) is 1. The molecule has 1 N–H and O–H groups in total. The van der Waals surface area contributed by atoms with E-state index in [9.17, 15) is 8.42 Å². The molecular formula is C15H22ClN3O3S. The molecule has 1 aromatic heterocycles. The molecule has 1 unspecified atom stereocenters. The van der Waals surface area contributed by atoms with E-state index in [2.05, 4.69) is 15.5 Å². The van der Waals surface area contributed by atoms with Crippen LogP contribution in [0.4, 0.5) is 0 Å². The van der Waals surface area contributed by atoms with Gasteiger partial charge in [-0.1, -0.05) is 5.16 Å². The number of halogens is 1. The lowest BCUT2D eigenvalue weighted by molar-refractivity contribution is 0.418. The molecule has 2 rings (SSSR count). The van der Waals surface area contributed by atoms with Crippen molar-refractivity contribution in [3.05, 3.63) is 30.1 Å². The molecule has 8 heteroatoms. The molecule has 0 aliphatic heterocycles. The molecule has 0 aliphatic rings. The van der Waals surface area contributed by atoms with E-state index in [-0.39, 0.29) is 18.4 Å². The maximum absolute atomic E-state index is 12.1. The predicted octanol–water partition coefficient (Wildman–Crippen LogP) is 2.49. The number of hydrogen-bond donors (Lipinski definition) is 1. The van der Waals surface area contributed by atoms with E-state index in [0.717, 1.165) is 0 Å². The predicted molar refractivity (Wildman–Crippen MR) is 91.5 cm³/mol. The fraction of sp³-hybridized carbons (Fsp3) is 0.467. The second-order valence-corrected chi connectivity index (χ2v) is 8.03. The first kappa shape index (κ1) is 19.6. The van der Waals surface area contributed by atoms with Crippen molar-refractivity contribution in [2.75, 3.05) is 7.05 Å². The first-order valence-electron chi connectivity index (χ1n) is 7.18. The van der Waals surface area contributed by atoms with E-state index in [4.69, 9.17) is 4.52 Å². The van der Waals surface area contributed by atoms with Gasteiger partial charge in [-0.25, -0.2) is 8.42 Å². The van der Waals surface area contributed by atoms with Gasteiger partial charge in [0, 0.05) is 18.0 Å². The summed E-state index contributed by atoms with van der Waals surface area (Å²) in [6.07, 6.45) is 0.666.